The lowest BCUT2D eigenvalue weighted by atomic mass is 10.0. The molecule has 0 saturated heterocycles. The molecule has 0 bridgehead atoms. The van der Waals surface area contributed by atoms with Crippen molar-refractivity contribution in [2.45, 2.75) is 13.3 Å². The van der Waals surface area contributed by atoms with Gasteiger partial charge in [-0.05, 0) is 24.3 Å². The van der Waals surface area contributed by atoms with Gasteiger partial charge in [0.1, 0.15) is 6.07 Å². The number of nitrogens with zero attached hydrogens (tertiary/aromatic N) is 2. The molecule has 0 atom stereocenters. The molecule has 0 aliphatic carbocycles. The van der Waals surface area contributed by atoms with Crippen LogP contribution in [0.15, 0.2) is 48.5 Å². The molecule has 0 saturated carbocycles. The lowest BCUT2D eigenvalue weighted by Gasteiger charge is -2.23. The van der Waals surface area contributed by atoms with E-state index in [1.807, 2.05) is 61.3 Å². The van der Waals surface area contributed by atoms with E-state index in [0.29, 0.717) is 17.5 Å². The molecular formula is C17H16N2O. The number of ketones is 1. The van der Waals surface area contributed by atoms with Crippen LogP contribution in [0.2, 0.25) is 0 Å². The molecule has 2 aromatic rings. The molecule has 100 valence electrons. The van der Waals surface area contributed by atoms with Crippen molar-refractivity contribution in [3.63, 3.8) is 0 Å². The Morgan fingerprint density at radius 1 is 1.10 bits per heavy atom. The molecule has 0 heterocycles. The first-order valence-electron chi connectivity index (χ1n) is 6.54. The molecule has 0 aliphatic rings. The summed E-state index contributed by atoms with van der Waals surface area (Å²) in [5, 5.41) is 9.20. The van der Waals surface area contributed by atoms with Crippen LogP contribution in [-0.4, -0.2) is 12.8 Å². The Kier molecular flexibility index (Phi) is 4.17. The molecule has 2 rings (SSSR count). The van der Waals surface area contributed by atoms with E-state index >= 15 is 0 Å². The molecule has 3 heteroatoms. The van der Waals surface area contributed by atoms with Crippen molar-refractivity contribution < 1.29 is 4.79 Å². The number of nitriles is 1. The van der Waals surface area contributed by atoms with Crippen LogP contribution in [0.3, 0.4) is 0 Å². The van der Waals surface area contributed by atoms with E-state index < -0.39 is 0 Å². The third-order valence-corrected chi connectivity index (χ3v) is 3.27. The fraction of sp³-hybridized carbons (Fsp3) is 0.176. The van der Waals surface area contributed by atoms with Crippen LogP contribution in [0.25, 0.3) is 0 Å². The van der Waals surface area contributed by atoms with E-state index in [1.54, 1.807) is 6.07 Å². The fourth-order valence-electron chi connectivity index (χ4n) is 2.18. The number of hydrogen-bond donors (Lipinski definition) is 0. The predicted molar refractivity (Wildman–Crippen MR) is 80.3 cm³/mol. The second-order valence-electron chi connectivity index (χ2n) is 4.48. The van der Waals surface area contributed by atoms with Crippen molar-refractivity contribution in [3.8, 4) is 6.07 Å². The summed E-state index contributed by atoms with van der Waals surface area (Å²) in [5.41, 5.74) is 2.90. The maximum Gasteiger partial charge on any atom is 0.164 e. The minimum absolute atomic E-state index is 0.0990. The van der Waals surface area contributed by atoms with Gasteiger partial charge in [0.25, 0.3) is 0 Å². The lowest BCUT2D eigenvalue weighted by Crippen LogP contribution is -2.15. The van der Waals surface area contributed by atoms with Crippen molar-refractivity contribution >= 4 is 17.2 Å². The second kappa shape index (κ2) is 6.03. The Labute approximate surface area is 119 Å². The quantitative estimate of drug-likeness (QED) is 0.786. The summed E-state index contributed by atoms with van der Waals surface area (Å²) in [4.78, 5) is 13.9. The van der Waals surface area contributed by atoms with Gasteiger partial charge < -0.3 is 4.90 Å². The minimum atomic E-state index is 0.0990. The molecule has 3 nitrogen and oxygen atoms in total. The molecule has 0 aliphatic heterocycles. The molecule has 0 unspecified atom stereocenters. The maximum absolute atomic E-state index is 12.0. The molecule has 0 aromatic heterocycles. The van der Waals surface area contributed by atoms with Gasteiger partial charge in [0, 0.05) is 19.0 Å². The van der Waals surface area contributed by atoms with Crippen LogP contribution >= 0.6 is 0 Å². The van der Waals surface area contributed by atoms with Crippen LogP contribution in [0.5, 0.6) is 0 Å². The average Bonchev–Trinajstić information content (AvgIpc) is 2.53. The first kappa shape index (κ1) is 13.8. The monoisotopic (exact) mass is 264 g/mol. The zero-order valence-corrected chi connectivity index (χ0v) is 11.6. The summed E-state index contributed by atoms with van der Waals surface area (Å²) in [7, 11) is 1.87. The highest BCUT2D eigenvalue weighted by Gasteiger charge is 2.15. The zero-order chi connectivity index (χ0) is 14.5. The molecule has 0 radical (unpaired) electrons. The summed E-state index contributed by atoms with van der Waals surface area (Å²) >= 11 is 0. The molecule has 0 N–H and O–H groups in total. The highest BCUT2D eigenvalue weighted by molar-refractivity contribution is 6.02. The average molecular weight is 264 g/mol. The normalized spacial score (nSPS) is 9.85. The molecule has 20 heavy (non-hydrogen) atoms. The first-order valence-corrected chi connectivity index (χ1v) is 6.54. The third kappa shape index (κ3) is 2.55. The van der Waals surface area contributed by atoms with Crippen molar-refractivity contribution in [1.29, 1.82) is 5.26 Å². The van der Waals surface area contributed by atoms with E-state index in [4.69, 9.17) is 0 Å². The van der Waals surface area contributed by atoms with Crippen molar-refractivity contribution in [2.24, 2.45) is 0 Å². The molecule has 0 fully saturated rings. The van der Waals surface area contributed by atoms with Crippen LogP contribution < -0.4 is 4.90 Å². The molecule has 0 spiro atoms. The van der Waals surface area contributed by atoms with Gasteiger partial charge in [-0.3, -0.25) is 4.79 Å². The smallest absolute Gasteiger partial charge is 0.164 e. The highest BCUT2D eigenvalue weighted by atomic mass is 16.1. The van der Waals surface area contributed by atoms with E-state index in [2.05, 4.69) is 6.07 Å². The van der Waals surface area contributed by atoms with Gasteiger partial charge in [0.05, 0.1) is 16.9 Å². The van der Waals surface area contributed by atoms with Gasteiger partial charge in [-0.15, -0.1) is 0 Å². The Morgan fingerprint density at radius 2 is 1.70 bits per heavy atom. The van der Waals surface area contributed by atoms with E-state index in [-0.39, 0.29) is 5.78 Å². The number of rotatable bonds is 4. The van der Waals surface area contributed by atoms with E-state index in [1.165, 1.54) is 0 Å². The highest BCUT2D eigenvalue weighted by Crippen LogP contribution is 2.29. The van der Waals surface area contributed by atoms with Gasteiger partial charge in [-0.25, -0.2) is 0 Å². The van der Waals surface area contributed by atoms with Crippen LogP contribution in [0, 0.1) is 11.3 Å². The summed E-state index contributed by atoms with van der Waals surface area (Å²) in [6.07, 6.45) is 0.463. The predicted octanol–water partition coefficient (Wildman–Crippen LogP) is 3.92. The SMILES string of the molecule is CCC(=O)c1ccccc1N(C)c1ccccc1C#N. The second-order valence-corrected chi connectivity index (χ2v) is 4.48. The van der Waals surface area contributed by atoms with Gasteiger partial charge in [0.15, 0.2) is 5.78 Å². The number of benzene rings is 2. The van der Waals surface area contributed by atoms with Crippen molar-refractivity contribution in [2.75, 3.05) is 11.9 Å². The Balaban J connectivity index is 2.52. The molecule has 0 amide bonds. The summed E-state index contributed by atoms with van der Waals surface area (Å²) in [6.45, 7) is 1.85. The van der Waals surface area contributed by atoms with Gasteiger partial charge in [-0.2, -0.15) is 5.26 Å². The Bertz CT molecular complexity index is 671. The van der Waals surface area contributed by atoms with Crippen LogP contribution in [0.1, 0.15) is 29.3 Å². The number of hydrogen-bond acceptors (Lipinski definition) is 3. The zero-order valence-electron chi connectivity index (χ0n) is 11.6. The number of carbonyl (C=O) groups excluding carboxylic acids is 1. The Morgan fingerprint density at radius 3 is 2.35 bits per heavy atom. The van der Waals surface area contributed by atoms with E-state index in [9.17, 15) is 10.1 Å². The standard InChI is InChI=1S/C17H16N2O/c1-3-17(20)14-9-5-7-11-16(14)19(2)15-10-6-4-8-13(15)12-18/h4-11H,3H2,1-2H3. The number of anilines is 2. The fourth-order valence-corrected chi connectivity index (χ4v) is 2.18. The van der Waals surface area contributed by atoms with Gasteiger partial charge >= 0.3 is 0 Å². The molecular weight excluding hydrogens is 248 g/mol. The number of para-hydroxylation sites is 2. The Hall–Kier alpha value is -2.60. The maximum atomic E-state index is 12.0. The third-order valence-electron chi connectivity index (χ3n) is 3.27. The van der Waals surface area contributed by atoms with E-state index in [0.717, 1.165) is 11.4 Å². The van der Waals surface area contributed by atoms with Gasteiger partial charge in [0.2, 0.25) is 0 Å². The first-order chi connectivity index (χ1) is 9.69. The number of carbonyl (C=O) groups is 1. The lowest BCUT2D eigenvalue weighted by molar-refractivity contribution is 0.0989. The van der Waals surface area contributed by atoms with Crippen LogP contribution in [0.4, 0.5) is 11.4 Å². The number of Topliss-reactive ketones (excluding diaryl/α,β-unsaturated/α-hetero) is 1. The molecule has 2 aromatic carbocycles. The van der Waals surface area contributed by atoms with Crippen molar-refractivity contribution in [3.05, 3.63) is 59.7 Å². The summed E-state index contributed by atoms with van der Waals surface area (Å²) < 4.78 is 0. The summed E-state index contributed by atoms with van der Waals surface area (Å²) in [5.74, 6) is 0.0990. The minimum Gasteiger partial charge on any atom is -0.343 e. The topological polar surface area (TPSA) is 44.1 Å². The van der Waals surface area contributed by atoms with Gasteiger partial charge in [-0.1, -0.05) is 31.2 Å². The van der Waals surface area contributed by atoms with Crippen molar-refractivity contribution in [1.82, 2.24) is 0 Å². The van der Waals surface area contributed by atoms with Crippen LogP contribution in [-0.2, 0) is 0 Å². The largest absolute Gasteiger partial charge is 0.343 e. The summed E-state index contributed by atoms with van der Waals surface area (Å²) in [6, 6.07) is 17.0.